The van der Waals surface area contributed by atoms with Gasteiger partial charge in [0.25, 0.3) is 0 Å². The highest BCUT2D eigenvalue weighted by molar-refractivity contribution is 5.83. The van der Waals surface area contributed by atoms with Crippen LogP contribution >= 0.6 is 0 Å². The highest BCUT2D eigenvalue weighted by Crippen LogP contribution is 2.22. The first-order valence-electron chi connectivity index (χ1n) is 6.12. The van der Waals surface area contributed by atoms with Crippen molar-refractivity contribution in [2.24, 2.45) is 7.05 Å². The number of nitrogens with zero attached hydrogens (tertiary/aromatic N) is 4. The van der Waals surface area contributed by atoms with E-state index in [1.165, 1.54) is 4.80 Å². The molecule has 0 radical (unpaired) electrons. The average molecular weight is 254 g/mol. The third-order valence-corrected chi connectivity index (χ3v) is 3.08. The number of hydrogen-bond acceptors (Lipinski definition) is 4. The molecule has 0 spiro atoms. The van der Waals surface area contributed by atoms with Crippen LogP contribution in [-0.2, 0) is 13.5 Å². The van der Waals surface area contributed by atoms with Crippen LogP contribution in [0.4, 0.5) is 0 Å². The number of tetrazole rings is 1. The summed E-state index contributed by atoms with van der Waals surface area (Å²) in [4.78, 5) is 1.39. The predicted octanol–water partition coefficient (Wildman–Crippen LogP) is 1.64. The Hall–Kier alpha value is -2.27. The van der Waals surface area contributed by atoms with E-state index in [0.717, 1.165) is 16.3 Å². The zero-order valence-electron chi connectivity index (χ0n) is 10.6. The summed E-state index contributed by atoms with van der Waals surface area (Å²) < 4.78 is 0. The first-order chi connectivity index (χ1) is 9.22. The van der Waals surface area contributed by atoms with Gasteiger partial charge in [0.05, 0.1) is 13.2 Å². The van der Waals surface area contributed by atoms with E-state index in [1.54, 1.807) is 7.05 Å². The second-order valence-electron chi connectivity index (χ2n) is 4.52. The number of rotatable bonds is 3. The molecule has 0 fully saturated rings. The molecular formula is C14H14N4O. The maximum absolute atomic E-state index is 10.2. The first kappa shape index (κ1) is 11.8. The largest absolute Gasteiger partial charge is 0.388 e. The molecule has 1 unspecified atom stereocenters. The molecule has 5 nitrogen and oxygen atoms in total. The van der Waals surface area contributed by atoms with E-state index in [0.29, 0.717) is 12.2 Å². The molecule has 0 bridgehead atoms. The number of benzene rings is 2. The molecule has 3 rings (SSSR count). The lowest BCUT2D eigenvalue weighted by Gasteiger charge is -2.09. The molecule has 1 N–H and O–H groups in total. The standard InChI is InChI=1S/C14H14N4O/c1-18-16-14(15-17-18)9-13(19)12-7-6-10-4-2-3-5-11(10)8-12/h2-8,13,19H,9H2,1H3. The molecule has 0 amide bonds. The first-order valence-corrected chi connectivity index (χ1v) is 6.12. The van der Waals surface area contributed by atoms with Gasteiger partial charge in [-0.25, -0.2) is 0 Å². The molecule has 1 atom stereocenters. The number of hydrogen-bond donors (Lipinski definition) is 1. The van der Waals surface area contributed by atoms with Crippen LogP contribution in [-0.4, -0.2) is 25.3 Å². The molecule has 19 heavy (non-hydrogen) atoms. The minimum atomic E-state index is -0.617. The molecule has 0 aliphatic heterocycles. The van der Waals surface area contributed by atoms with Crippen molar-refractivity contribution in [1.29, 1.82) is 0 Å². The van der Waals surface area contributed by atoms with Crippen LogP contribution < -0.4 is 0 Å². The fraction of sp³-hybridized carbons (Fsp3) is 0.214. The summed E-state index contributed by atoms with van der Waals surface area (Å²) in [6, 6.07) is 14.0. The second-order valence-corrected chi connectivity index (χ2v) is 4.52. The van der Waals surface area contributed by atoms with E-state index >= 15 is 0 Å². The Balaban J connectivity index is 1.86. The van der Waals surface area contributed by atoms with Crippen molar-refractivity contribution in [3.05, 3.63) is 53.9 Å². The molecular weight excluding hydrogens is 240 g/mol. The Morgan fingerprint density at radius 3 is 2.68 bits per heavy atom. The van der Waals surface area contributed by atoms with E-state index < -0.39 is 6.10 Å². The van der Waals surface area contributed by atoms with Gasteiger partial charge in [-0.05, 0) is 27.6 Å². The lowest BCUT2D eigenvalue weighted by atomic mass is 10.0. The SMILES string of the molecule is Cn1nnc(CC(O)c2ccc3ccccc3c2)n1. The lowest BCUT2D eigenvalue weighted by Crippen LogP contribution is -2.04. The van der Waals surface area contributed by atoms with Gasteiger partial charge in [-0.1, -0.05) is 36.4 Å². The lowest BCUT2D eigenvalue weighted by molar-refractivity contribution is 0.176. The number of aliphatic hydroxyl groups excluding tert-OH is 1. The molecule has 1 heterocycles. The molecule has 96 valence electrons. The van der Waals surface area contributed by atoms with Gasteiger partial charge < -0.3 is 5.11 Å². The van der Waals surface area contributed by atoms with E-state index in [-0.39, 0.29) is 0 Å². The Bertz CT molecular complexity index is 707. The van der Waals surface area contributed by atoms with Crippen LogP contribution in [0.2, 0.25) is 0 Å². The summed E-state index contributed by atoms with van der Waals surface area (Å²) in [6.07, 6.45) is -0.250. The molecule has 0 saturated carbocycles. The van der Waals surface area contributed by atoms with Crippen molar-refractivity contribution < 1.29 is 5.11 Å². The van der Waals surface area contributed by atoms with E-state index in [9.17, 15) is 5.11 Å². The highest BCUT2D eigenvalue weighted by Gasteiger charge is 2.12. The van der Waals surface area contributed by atoms with Crippen molar-refractivity contribution in [3.8, 4) is 0 Å². The zero-order chi connectivity index (χ0) is 13.2. The van der Waals surface area contributed by atoms with Crippen LogP contribution in [0.1, 0.15) is 17.5 Å². The minimum absolute atomic E-state index is 0.367. The summed E-state index contributed by atoms with van der Waals surface area (Å²) in [5.41, 5.74) is 0.867. The summed E-state index contributed by atoms with van der Waals surface area (Å²) >= 11 is 0. The Kier molecular flexibility index (Phi) is 2.97. The fourth-order valence-electron chi connectivity index (χ4n) is 2.11. The van der Waals surface area contributed by atoms with Gasteiger partial charge in [-0.3, -0.25) is 0 Å². The molecule has 2 aromatic carbocycles. The van der Waals surface area contributed by atoms with Crippen LogP contribution in [0.15, 0.2) is 42.5 Å². The number of aromatic nitrogens is 4. The molecule has 1 aromatic heterocycles. The summed E-state index contributed by atoms with van der Waals surface area (Å²) in [5.74, 6) is 0.545. The Morgan fingerprint density at radius 1 is 1.16 bits per heavy atom. The molecule has 0 aliphatic rings. The average Bonchev–Trinajstić information content (AvgIpc) is 2.83. The smallest absolute Gasteiger partial charge is 0.177 e. The van der Waals surface area contributed by atoms with E-state index in [1.807, 2.05) is 36.4 Å². The fourth-order valence-corrected chi connectivity index (χ4v) is 2.11. The van der Waals surface area contributed by atoms with Gasteiger partial charge in [0.1, 0.15) is 0 Å². The highest BCUT2D eigenvalue weighted by atomic mass is 16.3. The summed E-state index contributed by atoms with van der Waals surface area (Å²) in [5, 5.41) is 24.2. The topological polar surface area (TPSA) is 63.8 Å². The van der Waals surface area contributed by atoms with Crippen molar-refractivity contribution >= 4 is 10.8 Å². The van der Waals surface area contributed by atoms with Crippen molar-refractivity contribution in [2.45, 2.75) is 12.5 Å². The van der Waals surface area contributed by atoms with Gasteiger partial charge in [0, 0.05) is 6.42 Å². The molecule has 3 aromatic rings. The normalized spacial score (nSPS) is 12.7. The van der Waals surface area contributed by atoms with E-state index in [2.05, 4.69) is 21.5 Å². The van der Waals surface area contributed by atoms with Gasteiger partial charge in [0.2, 0.25) is 0 Å². The summed E-state index contributed by atoms with van der Waals surface area (Å²) in [6.45, 7) is 0. The van der Waals surface area contributed by atoms with Gasteiger partial charge >= 0.3 is 0 Å². The maximum atomic E-state index is 10.2. The third kappa shape index (κ3) is 2.46. The second kappa shape index (κ2) is 4.78. The monoisotopic (exact) mass is 254 g/mol. The van der Waals surface area contributed by atoms with Crippen molar-refractivity contribution in [1.82, 2.24) is 20.2 Å². The van der Waals surface area contributed by atoms with Crippen molar-refractivity contribution in [2.75, 3.05) is 0 Å². The van der Waals surface area contributed by atoms with Crippen LogP contribution in [0.5, 0.6) is 0 Å². The van der Waals surface area contributed by atoms with Crippen LogP contribution in [0, 0.1) is 0 Å². The molecule has 0 aliphatic carbocycles. The van der Waals surface area contributed by atoms with Gasteiger partial charge in [-0.15, -0.1) is 10.2 Å². The van der Waals surface area contributed by atoms with Gasteiger partial charge in [0.15, 0.2) is 5.82 Å². The zero-order valence-corrected chi connectivity index (χ0v) is 10.6. The summed E-state index contributed by atoms with van der Waals surface area (Å²) in [7, 11) is 1.71. The van der Waals surface area contributed by atoms with E-state index in [4.69, 9.17) is 0 Å². The minimum Gasteiger partial charge on any atom is -0.388 e. The van der Waals surface area contributed by atoms with Crippen LogP contribution in [0.3, 0.4) is 0 Å². The molecule has 0 saturated heterocycles. The number of fused-ring (bicyclic) bond motifs is 1. The Morgan fingerprint density at radius 2 is 1.95 bits per heavy atom. The van der Waals surface area contributed by atoms with Gasteiger partial charge in [-0.2, -0.15) is 4.80 Å². The predicted molar refractivity (Wildman–Crippen MR) is 71.4 cm³/mol. The van der Waals surface area contributed by atoms with Crippen LogP contribution in [0.25, 0.3) is 10.8 Å². The molecule has 5 heteroatoms. The maximum Gasteiger partial charge on any atom is 0.177 e. The number of aliphatic hydroxyl groups is 1. The van der Waals surface area contributed by atoms with Crippen molar-refractivity contribution in [3.63, 3.8) is 0 Å². The quantitative estimate of drug-likeness (QED) is 0.771. The Labute approximate surface area is 110 Å². The number of aryl methyl sites for hydroxylation is 1. The third-order valence-electron chi connectivity index (χ3n) is 3.08.